The number of nitrogens with zero attached hydrogens (tertiary/aromatic N) is 2. The van der Waals surface area contributed by atoms with E-state index in [1.54, 1.807) is 5.38 Å². The molecule has 0 amide bonds. The number of ether oxygens (including phenoxy) is 1. The van der Waals surface area contributed by atoms with Crippen molar-refractivity contribution in [2.24, 2.45) is 0 Å². The Hall–Kier alpha value is -1.19. The molecule has 6 nitrogen and oxygen atoms in total. The van der Waals surface area contributed by atoms with Gasteiger partial charge in [-0.1, -0.05) is 0 Å². The zero-order chi connectivity index (χ0) is 14.0. The standard InChI is InChI=1S/C10H7Br2N3O3S/c11-7-1-6(15(16)17)2-8(12)9(7)18-3-5-4-19-10(13)14-5/h1-2,4H,3H2,(H2,13,14). The summed E-state index contributed by atoms with van der Waals surface area (Å²) in [6.07, 6.45) is 0. The van der Waals surface area contributed by atoms with Crippen LogP contribution in [0.3, 0.4) is 0 Å². The van der Waals surface area contributed by atoms with E-state index in [1.165, 1.54) is 23.5 Å². The number of nitro benzene ring substituents is 1. The van der Waals surface area contributed by atoms with Crippen molar-refractivity contribution in [1.82, 2.24) is 4.98 Å². The molecule has 0 aliphatic rings. The van der Waals surface area contributed by atoms with Gasteiger partial charge in [-0.25, -0.2) is 4.98 Å². The largest absolute Gasteiger partial charge is 0.485 e. The number of hydrogen-bond donors (Lipinski definition) is 1. The van der Waals surface area contributed by atoms with E-state index in [2.05, 4.69) is 36.8 Å². The summed E-state index contributed by atoms with van der Waals surface area (Å²) >= 11 is 7.81. The highest BCUT2D eigenvalue weighted by molar-refractivity contribution is 9.11. The molecule has 0 aliphatic heterocycles. The highest BCUT2D eigenvalue weighted by Crippen LogP contribution is 2.37. The van der Waals surface area contributed by atoms with Crippen molar-refractivity contribution in [3.05, 3.63) is 42.3 Å². The summed E-state index contributed by atoms with van der Waals surface area (Å²) < 4.78 is 6.57. The van der Waals surface area contributed by atoms with Gasteiger partial charge in [0.1, 0.15) is 12.4 Å². The first-order valence-electron chi connectivity index (χ1n) is 4.93. The van der Waals surface area contributed by atoms with Gasteiger partial charge >= 0.3 is 0 Å². The zero-order valence-corrected chi connectivity index (χ0v) is 13.3. The molecule has 0 atom stereocenters. The second-order valence-electron chi connectivity index (χ2n) is 3.46. The molecule has 19 heavy (non-hydrogen) atoms. The third kappa shape index (κ3) is 3.43. The van der Waals surface area contributed by atoms with E-state index in [0.29, 0.717) is 25.5 Å². The lowest BCUT2D eigenvalue weighted by atomic mass is 10.3. The predicted octanol–water partition coefficient (Wildman–Crippen LogP) is 3.74. The zero-order valence-electron chi connectivity index (χ0n) is 9.30. The number of non-ortho nitro benzene ring substituents is 1. The molecule has 2 N–H and O–H groups in total. The normalized spacial score (nSPS) is 10.4. The SMILES string of the molecule is Nc1nc(COc2c(Br)cc([N+](=O)[O-])cc2Br)cs1. The summed E-state index contributed by atoms with van der Waals surface area (Å²) in [5, 5.41) is 13.0. The Morgan fingerprint density at radius 3 is 2.53 bits per heavy atom. The third-order valence-corrected chi connectivity index (χ3v) is 4.03. The summed E-state index contributed by atoms with van der Waals surface area (Å²) in [5.41, 5.74) is 6.20. The molecule has 1 heterocycles. The van der Waals surface area contributed by atoms with Crippen molar-refractivity contribution in [2.75, 3.05) is 5.73 Å². The Balaban J connectivity index is 2.18. The second-order valence-corrected chi connectivity index (χ2v) is 6.06. The molecule has 1 aromatic carbocycles. The molecule has 2 aromatic rings. The van der Waals surface area contributed by atoms with Crippen molar-refractivity contribution < 1.29 is 9.66 Å². The van der Waals surface area contributed by atoms with E-state index in [-0.39, 0.29) is 12.3 Å². The molecule has 0 aliphatic carbocycles. The lowest BCUT2D eigenvalue weighted by Crippen LogP contribution is -1.98. The average Bonchev–Trinajstić information content (AvgIpc) is 2.73. The number of nitrogens with two attached hydrogens (primary N) is 1. The van der Waals surface area contributed by atoms with Gasteiger partial charge in [0.2, 0.25) is 0 Å². The summed E-state index contributed by atoms with van der Waals surface area (Å²) in [7, 11) is 0. The van der Waals surface area contributed by atoms with Crippen molar-refractivity contribution in [1.29, 1.82) is 0 Å². The second kappa shape index (κ2) is 5.85. The van der Waals surface area contributed by atoms with E-state index >= 15 is 0 Å². The Bertz CT molecular complexity index is 609. The predicted molar refractivity (Wildman–Crippen MR) is 79.4 cm³/mol. The maximum Gasteiger partial charge on any atom is 0.271 e. The van der Waals surface area contributed by atoms with Gasteiger partial charge in [0.25, 0.3) is 5.69 Å². The number of hydrogen-bond acceptors (Lipinski definition) is 6. The van der Waals surface area contributed by atoms with E-state index in [4.69, 9.17) is 10.5 Å². The number of benzene rings is 1. The maximum atomic E-state index is 10.7. The number of rotatable bonds is 4. The van der Waals surface area contributed by atoms with Crippen LogP contribution < -0.4 is 10.5 Å². The Labute approximate surface area is 129 Å². The van der Waals surface area contributed by atoms with Gasteiger partial charge in [-0.15, -0.1) is 11.3 Å². The lowest BCUT2D eigenvalue weighted by molar-refractivity contribution is -0.385. The van der Waals surface area contributed by atoms with Crippen LogP contribution in [0.2, 0.25) is 0 Å². The topological polar surface area (TPSA) is 91.3 Å². The van der Waals surface area contributed by atoms with Gasteiger partial charge in [0, 0.05) is 17.5 Å². The lowest BCUT2D eigenvalue weighted by Gasteiger charge is -2.08. The molecule has 0 unspecified atom stereocenters. The van der Waals surface area contributed by atoms with Crippen LogP contribution in [0.1, 0.15) is 5.69 Å². The van der Waals surface area contributed by atoms with Gasteiger partial charge < -0.3 is 10.5 Å². The smallest absolute Gasteiger partial charge is 0.271 e. The van der Waals surface area contributed by atoms with Crippen molar-refractivity contribution in [3.63, 3.8) is 0 Å². The van der Waals surface area contributed by atoms with Crippen LogP contribution in [-0.2, 0) is 6.61 Å². The van der Waals surface area contributed by atoms with Crippen LogP contribution in [0.5, 0.6) is 5.75 Å². The first-order valence-corrected chi connectivity index (χ1v) is 7.40. The van der Waals surface area contributed by atoms with Crippen LogP contribution in [-0.4, -0.2) is 9.91 Å². The minimum Gasteiger partial charge on any atom is -0.485 e. The molecule has 100 valence electrons. The molecular formula is C10H7Br2N3O3S. The van der Waals surface area contributed by atoms with Gasteiger partial charge in [0.05, 0.1) is 19.6 Å². The fourth-order valence-corrected chi connectivity index (χ4v) is 3.26. The molecule has 0 saturated heterocycles. The average molecular weight is 409 g/mol. The van der Waals surface area contributed by atoms with Crippen molar-refractivity contribution in [2.45, 2.75) is 6.61 Å². The quantitative estimate of drug-likeness (QED) is 0.614. The number of halogens is 2. The Morgan fingerprint density at radius 1 is 1.42 bits per heavy atom. The molecule has 0 radical (unpaired) electrons. The van der Waals surface area contributed by atoms with Crippen LogP contribution >= 0.6 is 43.2 Å². The fourth-order valence-electron chi connectivity index (χ4n) is 1.32. The third-order valence-electron chi connectivity index (χ3n) is 2.13. The Morgan fingerprint density at radius 2 is 2.05 bits per heavy atom. The number of thiazole rings is 1. The fraction of sp³-hybridized carbons (Fsp3) is 0.100. The van der Waals surface area contributed by atoms with Gasteiger partial charge in [-0.3, -0.25) is 10.1 Å². The van der Waals surface area contributed by atoms with E-state index in [0.717, 1.165) is 0 Å². The minimum absolute atomic E-state index is 0.0241. The first-order chi connectivity index (χ1) is 8.97. The summed E-state index contributed by atoms with van der Waals surface area (Å²) in [6.45, 7) is 0.239. The summed E-state index contributed by atoms with van der Waals surface area (Å²) in [6, 6.07) is 2.77. The van der Waals surface area contributed by atoms with Crippen molar-refractivity contribution >= 4 is 54.0 Å². The molecule has 0 bridgehead atoms. The highest BCUT2D eigenvalue weighted by Gasteiger charge is 2.15. The summed E-state index contributed by atoms with van der Waals surface area (Å²) in [5.74, 6) is 0.483. The molecule has 1 aromatic heterocycles. The van der Waals surface area contributed by atoms with E-state index in [1.807, 2.05) is 0 Å². The molecule has 9 heteroatoms. The van der Waals surface area contributed by atoms with Gasteiger partial charge in [-0.2, -0.15) is 0 Å². The molecule has 2 rings (SSSR count). The van der Waals surface area contributed by atoms with Gasteiger partial charge in [-0.05, 0) is 31.9 Å². The number of nitro groups is 1. The van der Waals surface area contributed by atoms with E-state index < -0.39 is 4.92 Å². The minimum atomic E-state index is -0.472. The van der Waals surface area contributed by atoms with Crippen molar-refractivity contribution in [3.8, 4) is 5.75 Å². The van der Waals surface area contributed by atoms with Crippen LogP contribution in [0.15, 0.2) is 26.5 Å². The molecule has 0 fully saturated rings. The molecule has 0 spiro atoms. The Kier molecular flexibility index (Phi) is 4.38. The monoisotopic (exact) mass is 407 g/mol. The van der Waals surface area contributed by atoms with Crippen LogP contribution in [0, 0.1) is 10.1 Å². The number of anilines is 1. The van der Waals surface area contributed by atoms with E-state index in [9.17, 15) is 10.1 Å². The highest BCUT2D eigenvalue weighted by atomic mass is 79.9. The number of nitrogen functional groups attached to an aromatic ring is 1. The molecule has 0 saturated carbocycles. The van der Waals surface area contributed by atoms with Crippen LogP contribution in [0.4, 0.5) is 10.8 Å². The van der Waals surface area contributed by atoms with Gasteiger partial charge in [0.15, 0.2) is 5.13 Å². The number of aromatic nitrogens is 1. The maximum absolute atomic E-state index is 10.7. The first kappa shape index (κ1) is 14.2. The van der Waals surface area contributed by atoms with Crippen LogP contribution in [0.25, 0.3) is 0 Å². The molecular weight excluding hydrogens is 402 g/mol. The summed E-state index contributed by atoms with van der Waals surface area (Å²) in [4.78, 5) is 14.3.